The minimum absolute atomic E-state index is 0.0284. The zero-order chi connectivity index (χ0) is 25.8. The number of hydrogen-bond acceptors (Lipinski definition) is 7. The quantitative estimate of drug-likeness (QED) is 0.320. The second-order valence-corrected chi connectivity index (χ2v) is 7.74. The normalized spacial score (nSPS) is 14.9. The molecule has 0 aliphatic carbocycles. The van der Waals surface area contributed by atoms with Crippen LogP contribution >= 0.6 is 0 Å². The maximum Gasteiger partial charge on any atom is 0.273 e. The van der Waals surface area contributed by atoms with Gasteiger partial charge in [0.05, 0.1) is 29.7 Å². The summed E-state index contributed by atoms with van der Waals surface area (Å²) in [5, 5.41) is 11.8. The first-order valence-corrected chi connectivity index (χ1v) is 10.8. The molecule has 1 atom stereocenters. The molecule has 1 aliphatic rings. The molecule has 0 aromatic heterocycles. The predicted octanol–water partition coefficient (Wildman–Crippen LogP) is 2.72. The second-order valence-electron chi connectivity index (χ2n) is 7.74. The van der Waals surface area contributed by atoms with Gasteiger partial charge in [-0.3, -0.25) is 34.7 Å². The monoisotopic (exact) mass is 488 g/mol. The van der Waals surface area contributed by atoms with Gasteiger partial charge in [0.2, 0.25) is 5.91 Å². The van der Waals surface area contributed by atoms with E-state index in [2.05, 4.69) is 5.43 Å². The van der Waals surface area contributed by atoms with Crippen molar-refractivity contribution >= 4 is 35.0 Å². The van der Waals surface area contributed by atoms with Crippen molar-refractivity contribution in [2.24, 2.45) is 0 Å². The third kappa shape index (κ3) is 4.62. The number of nitrogens with one attached hydrogen (secondary N) is 1. The summed E-state index contributed by atoms with van der Waals surface area (Å²) in [5.74, 6) is -2.60. The number of ether oxygens (including phenoxy) is 1. The van der Waals surface area contributed by atoms with Crippen LogP contribution < -0.4 is 15.1 Å². The Bertz CT molecular complexity index is 1340. The topological polar surface area (TPSA) is 139 Å². The molecule has 1 heterocycles. The van der Waals surface area contributed by atoms with Gasteiger partial charge in [-0.05, 0) is 36.4 Å². The number of methoxy groups -OCH3 is 1. The summed E-state index contributed by atoms with van der Waals surface area (Å²) in [5.41, 5.74) is 2.60. The largest absolute Gasteiger partial charge is 0.496 e. The van der Waals surface area contributed by atoms with Gasteiger partial charge < -0.3 is 4.74 Å². The highest BCUT2D eigenvalue weighted by Gasteiger charge is 2.45. The van der Waals surface area contributed by atoms with Crippen molar-refractivity contribution in [2.75, 3.05) is 12.0 Å². The number of anilines is 1. The molecule has 1 aliphatic heterocycles. The van der Waals surface area contributed by atoms with Crippen LogP contribution in [0.25, 0.3) is 0 Å². The van der Waals surface area contributed by atoms with Crippen LogP contribution in [0.15, 0.2) is 78.9 Å². The van der Waals surface area contributed by atoms with Crippen LogP contribution in [0.3, 0.4) is 0 Å². The van der Waals surface area contributed by atoms with E-state index in [1.807, 2.05) is 0 Å². The second kappa shape index (κ2) is 10.1. The molecule has 0 spiro atoms. The predicted molar refractivity (Wildman–Crippen MR) is 127 cm³/mol. The van der Waals surface area contributed by atoms with Crippen LogP contribution in [-0.2, 0) is 9.59 Å². The Morgan fingerprint density at radius 3 is 2.28 bits per heavy atom. The van der Waals surface area contributed by atoms with Crippen LogP contribution in [0.4, 0.5) is 11.4 Å². The average molecular weight is 488 g/mol. The third-order valence-electron chi connectivity index (χ3n) is 5.57. The number of carbonyl (C=O) groups is 4. The summed E-state index contributed by atoms with van der Waals surface area (Å²) < 4.78 is 5.21. The smallest absolute Gasteiger partial charge is 0.273 e. The number of imide groups is 1. The Kier molecular flexibility index (Phi) is 6.72. The van der Waals surface area contributed by atoms with E-state index in [1.165, 1.54) is 25.3 Å². The number of nitrogens with zero attached hydrogens (tertiary/aromatic N) is 3. The summed E-state index contributed by atoms with van der Waals surface area (Å²) in [7, 11) is 1.38. The number of nitro benzene ring substituents is 1. The first kappa shape index (κ1) is 24.1. The first-order valence-electron chi connectivity index (χ1n) is 10.8. The maximum atomic E-state index is 13.5. The van der Waals surface area contributed by atoms with Crippen LogP contribution in [0, 0.1) is 10.1 Å². The minimum atomic E-state index is -1.35. The van der Waals surface area contributed by atoms with Gasteiger partial charge in [0.15, 0.2) is 0 Å². The number of nitro groups is 1. The highest BCUT2D eigenvalue weighted by atomic mass is 16.6. The van der Waals surface area contributed by atoms with E-state index in [4.69, 9.17) is 4.74 Å². The Hall–Kier alpha value is -5.06. The molecule has 3 aromatic rings. The molecular weight excluding hydrogens is 468 g/mol. The third-order valence-corrected chi connectivity index (χ3v) is 5.57. The zero-order valence-electron chi connectivity index (χ0n) is 19.0. The van der Waals surface area contributed by atoms with Gasteiger partial charge >= 0.3 is 0 Å². The molecule has 1 fully saturated rings. The van der Waals surface area contributed by atoms with Gasteiger partial charge in [-0.2, -0.15) is 0 Å². The van der Waals surface area contributed by atoms with Gasteiger partial charge in [-0.15, -0.1) is 0 Å². The zero-order valence-corrected chi connectivity index (χ0v) is 19.0. The number of carbonyl (C=O) groups excluding carboxylic acids is 4. The van der Waals surface area contributed by atoms with Crippen molar-refractivity contribution in [3.8, 4) is 5.75 Å². The van der Waals surface area contributed by atoms with Gasteiger partial charge in [-0.25, -0.2) is 9.91 Å². The number of amides is 4. The van der Waals surface area contributed by atoms with Gasteiger partial charge in [0.25, 0.3) is 23.4 Å². The van der Waals surface area contributed by atoms with Crippen molar-refractivity contribution in [1.82, 2.24) is 10.4 Å². The Labute approximate surface area is 205 Å². The molecule has 1 saturated heterocycles. The van der Waals surface area contributed by atoms with E-state index in [0.29, 0.717) is 5.69 Å². The van der Waals surface area contributed by atoms with Crippen molar-refractivity contribution in [1.29, 1.82) is 0 Å². The van der Waals surface area contributed by atoms with Crippen LogP contribution in [0.1, 0.15) is 27.1 Å². The lowest BCUT2D eigenvalue weighted by atomic mass is 10.1. The van der Waals surface area contributed by atoms with E-state index < -0.39 is 34.6 Å². The van der Waals surface area contributed by atoms with E-state index in [1.54, 1.807) is 48.5 Å². The van der Waals surface area contributed by atoms with Crippen LogP contribution in [-0.4, -0.2) is 46.7 Å². The van der Waals surface area contributed by atoms with Crippen molar-refractivity contribution < 1.29 is 28.8 Å². The van der Waals surface area contributed by atoms with Crippen LogP contribution in [0.5, 0.6) is 5.75 Å². The molecule has 11 nitrogen and oxygen atoms in total. The number of para-hydroxylation sites is 2. The summed E-state index contributed by atoms with van der Waals surface area (Å²) in [6, 6.07) is 17.8. The Balaban J connectivity index is 1.70. The Morgan fingerprint density at radius 1 is 1.00 bits per heavy atom. The molecule has 0 bridgehead atoms. The van der Waals surface area contributed by atoms with Gasteiger partial charge in [-0.1, -0.05) is 30.3 Å². The minimum Gasteiger partial charge on any atom is -0.496 e. The molecule has 4 amide bonds. The van der Waals surface area contributed by atoms with E-state index in [0.717, 1.165) is 22.0 Å². The standard InChI is InChI=1S/C25H20N4O7/c1-36-21-10-6-5-9-19(21)23(31)26-28(24(32)16-11-13-18(14-12-16)29(34)35)20-15-22(30)27(25(20)33)17-7-3-2-4-8-17/h2-14,20H,15H2,1H3,(H,26,31). The summed E-state index contributed by atoms with van der Waals surface area (Å²) in [6.45, 7) is 0. The fraction of sp³-hybridized carbons (Fsp3) is 0.120. The van der Waals surface area contributed by atoms with E-state index in [9.17, 15) is 29.3 Å². The van der Waals surface area contributed by atoms with Crippen LogP contribution in [0.2, 0.25) is 0 Å². The maximum absolute atomic E-state index is 13.5. The molecule has 4 rings (SSSR count). The highest BCUT2D eigenvalue weighted by molar-refractivity contribution is 6.23. The number of hydrazine groups is 1. The SMILES string of the molecule is COc1ccccc1C(=O)NN(C(=O)c1ccc([N+](=O)[O-])cc1)C1CC(=O)N(c2ccccc2)C1=O. The summed E-state index contributed by atoms with van der Waals surface area (Å²) >= 11 is 0. The molecule has 36 heavy (non-hydrogen) atoms. The van der Waals surface area contributed by atoms with Crippen molar-refractivity contribution in [3.63, 3.8) is 0 Å². The fourth-order valence-electron chi connectivity index (χ4n) is 3.80. The number of hydrogen-bond donors (Lipinski definition) is 1. The Morgan fingerprint density at radius 2 is 1.64 bits per heavy atom. The molecule has 3 aromatic carbocycles. The summed E-state index contributed by atoms with van der Waals surface area (Å²) in [4.78, 5) is 64.0. The molecule has 1 unspecified atom stereocenters. The van der Waals surface area contributed by atoms with Gasteiger partial charge in [0.1, 0.15) is 11.8 Å². The molecule has 0 saturated carbocycles. The number of non-ortho nitro benzene ring substituents is 1. The molecule has 11 heteroatoms. The number of benzene rings is 3. The lowest BCUT2D eigenvalue weighted by molar-refractivity contribution is -0.384. The van der Waals surface area contributed by atoms with Crippen molar-refractivity contribution in [3.05, 3.63) is 100 Å². The van der Waals surface area contributed by atoms with Gasteiger partial charge in [0, 0.05) is 17.7 Å². The molecule has 182 valence electrons. The fourth-order valence-corrected chi connectivity index (χ4v) is 3.80. The number of rotatable bonds is 6. The molecule has 0 radical (unpaired) electrons. The lowest BCUT2D eigenvalue weighted by Gasteiger charge is -2.28. The molecular formula is C25H20N4O7. The summed E-state index contributed by atoms with van der Waals surface area (Å²) in [6.07, 6.45) is -0.376. The van der Waals surface area contributed by atoms with E-state index >= 15 is 0 Å². The average Bonchev–Trinajstić information content (AvgIpc) is 3.20. The first-order chi connectivity index (χ1) is 17.3. The van der Waals surface area contributed by atoms with E-state index in [-0.39, 0.29) is 29.0 Å². The van der Waals surface area contributed by atoms with Crippen molar-refractivity contribution in [2.45, 2.75) is 12.5 Å². The lowest BCUT2D eigenvalue weighted by Crippen LogP contribution is -2.54. The molecule has 1 N–H and O–H groups in total. The highest BCUT2D eigenvalue weighted by Crippen LogP contribution is 2.27.